The minimum Gasteiger partial charge on any atom is -0.466 e. The number of carbonyl (C=O) groups is 2. The van der Waals surface area contributed by atoms with E-state index in [2.05, 4.69) is 20.3 Å². The molecule has 1 saturated heterocycles. The molecule has 0 bridgehead atoms. The minimum absolute atomic E-state index is 0.201. The fourth-order valence-corrected chi connectivity index (χ4v) is 3.26. The van der Waals surface area contributed by atoms with E-state index in [1.807, 2.05) is 30.3 Å². The first kappa shape index (κ1) is 20.1. The average Bonchev–Trinajstić information content (AvgIpc) is 3.03. The molecule has 0 aliphatic carbocycles. The highest BCUT2D eigenvalue weighted by Gasteiger charge is 2.24. The van der Waals surface area contributed by atoms with Gasteiger partial charge < -0.3 is 4.74 Å². The Morgan fingerprint density at radius 1 is 1.11 bits per heavy atom. The number of esters is 1. The Hall–Kier alpha value is -2.61. The molecule has 142 valence electrons. The van der Waals surface area contributed by atoms with E-state index in [1.165, 1.54) is 7.11 Å². The van der Waals surface area contributed by atoms with E-state index in [9.17, 15) is 9.59 Å². The number of benzene rings is 2. The predicted molar refractivity (Wildman–Crippen MR) is 113 cm³/mol. The van der Waals surface area contributed by atoms with Crippen LogP contribution in [0.15, 0.2) is 63.6 Å². The second-order valence-electron chi connectivity index (χ2n) is 5.49. The highest BCUT2D eigenvalue weighted by molar-refractivity contribution is 8.18. The summed E-state index contributed by atoms with van der Waals surface area (Å²) in [7, 11) is 1.24. The van der Waals surface area contributed by atoms with Gasteiger partial charge in [0.2, 0.25) is 0 Å². The van der Waals surface area contributed by atoms with Crippen molar-refractivity contribution in [3.05, 3.63) is 69.1 Å². The fourth-order valence-electron chi connectivity index (χ4n) is 2.23. The first-order valence-electron chi connectivity index (χ1n) is 7.91. The van der Waals surface area contributed by atoms with Crippen LogP contribution in [0, 0.1) is 0 Å². The molecule has 1 amide bonds. The number of nitrogens with zero attached hydrogens (tertiary/aromatic N) is 2. The lowest BCUT2D eigenvalue weighted by molar-refractivity contribution is -0.135. The van der Waals surface area contributed by atoms with Crippen LogP contribution in [-0.2, 0) is 14.3 Å². The van der Waals surface area contributed by atoms with E-state index in [4.69, 9.17) is 23.2 Å². The third kappa shape index (κ3) is 5.01. The summed E-state index contributed by atoms with van der Waals surface area (Å²) in [5, 5.41) is 11.7. The molecule has 0 radical (unpaired) electrons. The van der Waals surface area contributed by atoms with E-state index >= 15 is 0 Å². The van der Waals surface area contributed by atoms with Crippen molar-refractivity contribution in [2.45, 2.75) is 0 Å². The second-order valence-corrected chi connectivity index (χ2v) is 7.33. The van der Waals surface area contributed by atoms with Crippen LogP contribution in [0.25, 0.3) is 11.1 Å². The molecule has 1 aliphatic heterocycles. The predicted octanol–water partition coefficient (Wildman–Crippen LogP) is 4.27. The van der Waals surface area contributed by atoms with E-state index in [-0.39, 0.29) is 10.1 Å². The maximum atomic E-state index is 11.7. The molecule has 9 heteroatoms. The number of hydrogen-bond acceptors (Lipinski definition) is 6. The molecular weight excluding hydrogens is 421 g/mol. The Balaban J connectivity index is 1.67. The van der Waals surface area contributed by atoms with Crippen molar-refractivity contribution < 1.29 is 14.3 Å². The molecule has 0 spiro atoms. The third-order valence-electron chi connectivity index (χ3n) is 3.62. The van der Waals surface area contributed by atoms with Gasteiger partial charge in [-0.1, -0.05) is 53.5 Å². The molecule has 2 aromatic carbocycles. The maximum absolute atomic E-state index is 11.7. The molecule has 1 N–H and O–H groups in total. The van der Waals surface area contributed by atoms with E-state index in [0.29, 0.717) is 10.0 Å². The van der Waals surface area contributed by atoms with Crippen LogP contribution in [0.2, 0.25) is 10.0 Å². The number of methoxy groups -OCH3 is 1. The smallest absolute Gasteiger partial charge is 0.331 e. The van der Waals surface area contributed by atoms with Gasteiger partial charge in [0, 0.05) is 6.08 Å². The monoisotopic (exact) mass is 433 g/mol. The van der Waals surface area contributed by atoms with Crippen LogP contribution in [-0.4, -0.2) is 30.4 Å². The third-order valence-corrected chi connectivity index (χ3v) is 5.26. The largest absolute Gasteiger partial charge is 0.466 e. The quantitative estimate of drug-likeness (QED) is 0.337. The van der Waals surface area contributed by atoms with Crippen molar-refractivity contribution in [3.8, 4) is 11.1 Å². The number of amidine groups is 1. The summed E-state index contributed by atoms with van der Waals surface area (Å²) >= 11 is 13.0. The Morgan fingerprint density at radius 3 is 2.50 bits per heavy atom. The van der Waals surface area contributed by atoms with Crippen molar-refractivity contribution in [2.75, 3.05) is 7.11 Å². The summed E-state index contributed by atoms with van der Waals surface area (Å²) in [5.41, 5.74) is 2.76. The second kappa shape index (κ2) is 9.05. The zero-order chi connectivity index (χ0) is 20.1. The Bertz CT molecular complexity index is 1020. The minimum atomic E-state index is -0.607. The lowest BCUT2D eigenvalue weighted by atomic mass is 10.0. The van der Waals surface area contributed by atoms with Gasteiger partial charge in [-0.2, -0.15) is 5.10 Å². The van der Waals surface area contributed by atoms with Gasteiger partial charge in [-0.15, -0.1) is 5.10 Å². The van der Waals surface area contributed by atoms with Crippen LogP contribution in [0.5, 0.6) is 0 Å². The van der Waals surface area contributed by atoms with E-state index in [1.54, 1.807) is 18.3 Å². The van der Waals surface area contributed by atoms with E-state index < -0.39 is 11.9 Å². The lowest BCUT2D eigenvalue weighted by Crippen LogP contribution is -2.19. The number of hydrogen-bond donors (Lipinski definition) is 1. The van der Waals surface area contributed by atoms with Crippen LogP contribution >= 0.6 is 35.0 Å². The van der Waals surface area contributed by atoms with Crippen molar-refractivity contribution >= 4 is 58.2 Å². The molecule has 28 heavy (non-hydrogen) atoms. The molecule has 0 saturated carbocycles. The molecule has 1 fully saturated rings. The number of halogens is 2. The zero-order valence-corrected chi connectivity index (χ0v) is 16.8. The SMILES string of the molecule is COC(=O)/C=C1/S/C(=N\N=Cc2ccc(-c3ccc(Cl)c(Cl)c3)cc2)NC1=O. The standard InChI is InChI=1S/C19H13Cl2N3O3S/c1-27-17(25)9-16-18(26)23-19(28-16)24-22-10-11-2-4-12(5-3-11)13-6-7-14(20)15(21)8-13/h2-10H,1H3,(H,23,24,26)/b16-9+,22-10?. The number of amides is 1. The zero-order valence-electron chi connectivity index (χ0n) is 14.5. The summed E-state index contributed by atoms with van der Waals surface area (Å²) in [6, 6.07) is 13.1. The van der Waals surface area contributed by atoms with Gasteiger partial charge in [-0.05, 0) is 40.6 Å². The molecular formula is C19H13Cl2N3O3S. The summed E-state index contributed by atoms with van der Waals surface area (Å²) in [5.74, 6) is -1.03. The number of rotatable bonds is 4. The Labute approximate surface area is 175 Å². The van der Waals surface area contributed by atoms with Crippen LogP contribution in [0.1, 0.15) is 5.56 Å². The molecule has 3 rings (SSSR count). The molecule has 0 unspecified atom stereocenters. The maximum Gasteiger partial charge on any atom is 0.331 e. The van der Waals surface area contributed by atoms with Crippen LogP contribution in [0.4, 0.5) is 0 Å². The molecule has 1 aliphatic rings. The summed E-state index contributed by atoms with van der Waals surface area (Å²) in [4.78, 5) is 23.1. The van der Waals surface area contributed by atoms with Crippen molar-refractivity contribution in [3.63, 3.8) is 0 Å². The van der Waals surface area contributed by atoms with Crippen LogP contribution in [0.3, 0.4) is 0 Å². The normalized spacial score (nSPS) is 16.8. The van der Waals surface area contributed by atoms with Gasteiger partial charge in [0.25, 0.3) is 5.91 Å². The van der Waals surface area contributed by atoms with Gasteiger partial charge in [0.1, 0.15) is 0 Å². The first-order chi connectivity index (χ1) is 13.5. The van der Waals surface area contributed by atoms with Crippen molar-refractivity contribution in [1.29, 1.82) is 0 Å². The first-order valence-corrected chi connectivity index (χ1v) is 9.49. The Morgan fingerprint density at radius 2 is 1.82 bits per heavy atom. The summed E-state index contributed by atoms with van der Waals surface area (Å²) in [6.45, 7) is 0. The molecule has 0 aromatic heterocycles. The number of ether oxygens (including phenoxy) is 1. The van der Waals surface area contributed by atoms with Crippen LogP contribution < -0.4 is 5.32 Å². The van der Waals surface area contributed by atoms with E-state index in [0.717, 1.165) is 34.5 Å². The van der Waals surface area contributed by atoms with Crippen molar-refractivity contribution in [1.82, 2.24) is 5.32 Å². The molecule has 1 heterocycles. The number of thioether (sulfide) groups is 1. The number of nitrogens with one attached hydrogen (secondary N) is 1. The summed E-state index contributed by atoms with van der Waals surface area (Å²) < 4.78 is 4.50. The fraction of sp³-hybridized carbons (Fsp3) is 0.0526. The van der Waals surface area contributed by atoms with Gasteiger partial charge >= 0.3 is 5.97 Å². The number of carbonyl (C=O) groups excluding carboxylic acids is 2. The molecule has 0 atom stereocenters. The highest BCUT2D eigenvalue weighted by Crippen LogP contribution is 2.28. The summed E-state index contributed by atoms with van der Waals surface area (Å²) in [6.07, 6.45) is 2.66. The van der Waals surface area contributed by atoms with Gasteiger partial charge in [0.05, 0.1) is 28.3 Å². The average molecular weight is 434 g/mol. The molecule has 2 aromatic rings. The van der Waals surface area contributed by atoms with Gasteiger partial charge in [-0.25, -0.2) is 4.79 Å². The molecule has 6 nitrogen and oxygen atoms in total. The van der Waals surface area contributed by atoms with Gasteiger partial charge in [0.15, 0.2) is 5.17 Å². The Kier molecular flexibility index (Phi) is 6.51. The highest BCUT2D eigenvalue weighted by atomic mass is 35.5. The van der Waals surface area contributed by atoms with Crippen molar-refractivity contribution in [2.24, 2.45) is 10.2 Å². The lowest BCUT2D eigenvalue weighted by Gasteiger charge is -2.04. The van der Waals surface area contributed by atoms with Gasteiger partial charge in [-0.3, -0.25) is 10.1 Å². The topological polar surface area (TPSA) is 80.1 Å².